The summed E-state index contributed by atoms with van der Waals surface area (Å²) in [7, 11) is 0. The first kappa shape index (κ1) is 11.3. The van der Waals surface area contributed by atoms with E-state index >= 15 is 0 Å². The molecule has 0 saturated heterocycles. The van der Waals surface area contributed by atoms with Crippen LogP contribution in [0.5, 0.6) is 0 Å². The van der Waals surface area contributed by atoms with E-state index in [0.29, 0.717) is 12.0 Å². The fourth-order valence-corrected chi connectivity index (χ4v) is 1.54. The van der Waals surface area contributed by atoms with Gasteiger partial charge in [-0.15, -0.1) is 0 Å². The molecule has 0 spiro atoms. The van der Waals surface area contributed by atoms with Crippen molar-refractivity contribution in [3.63, 3.8) is 0 Å². The minimum absolute atomic E-state index is 0.595. The van der Waals surface area contributed by atoms with E-state index in [0.717, 1.165) is 6.54 Å². The van der Waals surface area contributed by atoms with Gasteiger partial charge in [-0.05, 0) is 24.4 Å². The van der Waals surface area contributed by atoms with Crippen molar-refractivity contribution < 1.29 is 0 Å². The van der Waals surface area contributed by atoms with Crippen LogP contribution in [0.4, 0.5) is 0 Å². The van der Waals surface area contributed by atoms with Crippen molar-refractivity contribution in [1.82, 2.24) is 5.32 Å². The van der Waals surface area contributed by atoms with Crippen molar-refractivity contribution in [2.24, 2.45) is 0 Å². The first-order chi connectivity index (χ1) is 6.70. The summed E-state index contributed by atoms with van der Waals surface area (Å²) in [5, 5.41) is 3.45. The van der Waals surface area contributed by atoms with Crippen LogP contribution in [-0.2, 0) is 0 Å². The molecule has 0 saturated carbocycles. The maximum Gasteiger partial charge on any atom is 0.00103 e. The van der Waals surface area contributed by atoms with E-state index in [9.17, 15) is 0 Å². The van der Waals surface area contributed by atoms with Gasteiger partial charge in [-0.1, -0.05) is 51.1 Å². The number of nitrogens with one attached hydrogen (secondary N) is 1. The first-order valence-corrected chi connectivity index (χ1v) is 5.48. The fourth-order valence-electron chi connectivity index (χ4n) is 1.54. The minimum atomic E-state index is 0.595. The molecule has 1 rings (SSSR count). The van der Waals surface area contributed by atoms with Gasteiger partial charge in [0.2, 0.25) is 0 Å². The zero-order valence-electron chi connectivity index (χ0n) is 9.46. The Labute approximate surface area is 87.5 Å². The van der Waals surface area contributed by atoms with Crippen molar-refractivity contribution in [2.45, 2.75) is 39.2 Å². The lowest BCUT2D eigenvalue weighted by Crippen LogP contribution is -2.24. The second kappa shape index (κ2) is 5.82. The van der Waals surface area contributed by atoms with Gasteiger partial charge in [-0.25, -0.2) is 0 Å². The van der Waals surface area contributed by atoms with Crippen molar-refractivity contribution >= 4 is 0 Å². The van der Waals surface area contributed by atoms with Crippen LogP contribution in [0.25, 0.3) is 0 Å². The van der Waals surface area contributed by atoms with Crippen LogP contribution in [0.2, 0.25) is 0 Å². The van der Waals surface area contributed by atoms with Crippen molar-refractivity contribution in [3.8, 4) is 0 Å². The number of rotatable bonds is 5. The quantitative estimate of drug-likeness (QED) is 0.753. The normalized spacial score (nSPS) is 13.1. The maximum atomic E-state index is 3.45. The van der Waals surface area contributed by atoms with Gasteiger partial charge < -0.3 is 5.32 Å². The molecule has 0 aliphatic heterocycles. The molecule has 0 radical (unpaired) electrons. The molecule has 0 aliphatic carbocycles. The van der Waals surface area contributed by atoms with Crippen LogP contribution in [-0.4, -0.2) is 12.6 Å². The Morgan fingerprint density at radius 1 is 1.07 bits per heavy atom. The summed E-state index contributed by atoms with van der Waals surface area (Å²) in [6, 6.07) is 11.3. The van der Waals surface area contributed by atoms with Gasteiger partial charge in [0, 0.05) is 6.04 Å². The lowest BCUT2D eigenvalue weighted by Gasteiger charge is -2.13. The SMILES string of the molecule is CC(C)NCC[C@@H](C)c1ccccc1. The van der Waals surface area contributed by atoms with Gasteiger partial charge >= 0.3 is 0 Å². The molecule has 0 amide bonds. The van der Waals surface area contributed by atoms with E-state index in [-0.39, 0.29) is 0 Å². The average Bonchev–Trinajstić information content (AvgIpc) is 2.18. The highest BCUT2D eigenvalue weighted by molar-refractivity contribution is 5.18. The second-order valence-corrected chi connectivity index (χ2v) is 4.21. The molecule has 0 heterocycles. The highest BCUT2D eigenvalue weighted by Crippen LogP contribution is 2.17. The van der Waals surface area contributed by atoms with Crippen LogP contribution in [0.3, 0.4) is 0 Å². The average molecular weight is 191 g/mol. The summed E-state index contributed by atoms with van der Waals surface area (Å²) in [4.78, 5) is 0. The molecule has 1 N–H and O–H groups in total. The molecule has 0 aromatic heterocycles. The lowest BCUT2D eigenvalue weighted by molar-refractivity contribution is 0.541. The molecule has 14 heavy (non-hydrogen) atoms. The molecule has 0 bridgehead atoms. The number of benzene rings is 1. The van der Waals surface area contributed by atoms with Gasteiger partial charge in [0.15, 0.2) is 0 Å². The highest BCUT2D eigenvalue weighted by atomic mass is 14.9. The summed E-state index contributed by atoms with van der Waals surface area (Å²) in [5.74, 6) is 0.655. The summed E-state index contributed by atoms with van der Waals surface area (Å²) < 4.78 is 0. The minimum Gasteiger partial charge on any atom is -0.315 e. The third-order valence-corrected chi connectivity index (χ3v) is 2.50. The van der Waals surface area contributed by atoms with Crippen molar-refractivity contribution in [2.75, 3.05) is 6.54 Å². The molecular formula is C13H21N. The molecule has 0 fully saturated rings. The molecule has 1 heteroatoms. The second-order valence-electron chi connectivity index (χ2n) is 4.21. The van der Waals surface area contributed by atoms with Crippen LogP contribution >= 0.6 is 0 Å². The predicted octanol–water partition coefficient (Wildman–Crippen LogP) is 3.18. The van der Waals surface area contributed by atoms with E-state index in [4.69, 9.17) is 0 Å². The lowest BCUT2D eigenvalue weighted by atomic mass is 9.98. The largest absolute Gasteiger partial charge is 0.315 e. The molecule has 1 nitrogen and oxygen atoms in total. The van der Waals surface area contributed by atoms with Gasteiger partial charge in [0.05, 0.1) is 0 Å². The van der Waals surface area contributed by atoms with Gasteiger partial charge in [0.1, 0.15) is 0 Å². The van der Waals surface area contributed by atoms with Crippen LogP contribution in [0.15, 0.2) is 30.3 Å². The molecule has 0 unspecified atom stereocenters. The number of hydrogen-bond donors (Lipinski definition) is 1. The third-order valence-electron chi connectivity index (χ3n) is 2.50. The van der Waals surface area contributed by atoms with Crippen LogP contribution in [0, 0.1) is 0 Å². The zero-order chi connectivity index (χ0) is 10.4. The van der Waals surface area contributed by atoms with Crippen molar-refractivity contribution in [1.29, 1.82) is 0 Å². The van der Waals surface area contributed by atoms with Gasteiger partial charge in [0.25, 0.3) is 0 Å². The van der Waals surface area contributed by atoms with E-state index in [1.54, 1.807) is 0 Å². The molecule has 78 valence electrons. The molecule has 1 aromatic carbocycles. The highest BCUT2D eigenvalue weighted by Gasteiger charge is 2.03. The van der Waals surface area contributed by atoms with Crippen LogP contribution < -0.4 is 5.32 Å². The summed E-state index contributed by atoms with van der Waals surface area (Å²) in [6.45, 7) is 7.77. The summed E-state index contributed by atoms with van der Waals surface area (Å²) >= 11 is 0. The predicted molar refractivity (Wildman–Crippen MR) is 62.6 cm³/mol. The molecule has 1 aromatic rings. The Bertz CT molecular complexity index is 241. The van der Waals surface area contributed by atoms with Crippen LogP contribution in [0.1, 0.15) is 38.7 Å². The maximum absolute atomic E-state index is 3.45. The van der Waals surface area contributed by atoms with Crippen molar-refractivity contribution in [3.05, 3.63) is 35.9 Å². The molecule has 1 atom stereocenters. The van der Waals surface area contributed by atoms with Gasteiger partial charge in [-0.3, -0.25) is 0 Å². The summed E-state index contributed by atoms with van der Waals surface area (Å²) in [5.41, 5.74) is 1.44. The van der Waals surface area contributed by atoms with Gasteiger partial charge in [-0.2, -0.15) is 0 Å². The Kier molecular flexibility index (Phi) is 4.68. The third kappa shape index (κ3) is 3.93. The fraction of sp³-hybridized carbons (Fsp3) is 0.538. The van der Waals surface area contributed by atoms with E-state index < -0.39 is 0 Å². The standard InChI is InChI=1S/C13H21N/c1-11(2)14-10-9-12(3)13-7-5-4-6-8-13/h4-8,11-12,14H,9-10H2,1-3H3/t12-/m1/s1. The Balaban J connectivity index is 2.32. The monoisotopic (exact) mass is 191 g/mol. The van der Waals surface area contributed by atoms with E-state index in [1.807, 2.05) is 0 Å². The number of hydrogen-bond acceptors (Lipinski definition) is 1. The summed E-state index contributed by atoms with van der Waals surface area (Å²) in [6.07, 6.45) is 1.21. The zero-order valence-corrected chi connectivity index (χ0v) is 9.46. The molecule has 0 aliphatic rings. The van der Waals surface area contributed by atoms with E-state index in [2.05, 4.69) is 56.4 Å². The Morgan fingerprint density at radius 2 is 1.71 bits per heavy atom. The smallest absolute Gasteiger partial charge is 0.00103 e. The topological polar surface area (TPSA) is 12.0 Å². The Morgan fingerprint density at radius 3 is 2.29 bits per heavy atom. The first-order valence-electron chi connectivity index (χ1n) is 5.48. The molecular weight excluding hydrogens is 170 g/mol. The Hall–Kier alpha value is -0.820. The van der Waals surface area contributed by atoms with E-state index in [1.165, 1.54) is 12.0 Å².